The Morgan fingerprint density at radius 2 is 1.83 bits per heavy atom. The van der Waals surface area contributed by atoms with E-state index in [1.165, 1.54) is 0 Å². The van der Waals surface area contributed by atoms with Gasteiger partial charge >= 0.3 is 5.69 Å². The highest BCUT2D eigenvalue weighted by Gasteiger charge is 2.45. The van der Waals surface area contributed by atoms with Gasteiger partial charge in [-0.25, -0.2) is 13.6 Å². The number of H-pyrrole nitrogens is 1. The van der Waals surface area contributed by atoms with Gasteiger partial charge in [0.05, 0.1) is 5.56 Å². The first kappa shape index (κ1) is 16.4. The zero-order valence-corrected chi connectivity index (χ0v) is 13.5. The molecule has 0 spiro atoms. The first-order chi connectivity index (χ1) is 11.4. The summed E-state index contributed by atoms with van der Waals surface area (Å²) in [7, 11) is 0. The number of benzene rings is 1. The topological polar surface area (TPSA) is 66.9 Å². The maximum atomic E-state index is 13.9. The lowest BCUT2D eigenvalue weighted by Crippen LogP contribution is -2.49. The van der Waals surface area contributed by atoms with Crippen LogP contribution < -0.4 is 16.6 Å². The molecule has 2 heterocycles. The summed E-state index contributed by atoms with van der Waals surface area (Å²) >= 11 is 0. The predicted octanol–water partition coefficient (Wildman–Crippen LogP) is 2.64. The molecule has 24 heavy (non-hydrogen) atoms. The van der Waals surface area contributed by atoms with Crippen molar-refractivity contribution in [2.24, 2.45) is 0 Å². The molecule has 2 aromatic rings. The van der Waals surface area contributed by atoms with Crippen LogP contribution in [0.25, 0.3) is 0 Å². The number of nitrogens with zero attached hydrogens (tertiary/aromatic N) is 1. The first-order valence-electron chi connectivity index (χ1n) is 7.86. The average molecular weight is 335 g/mol. The second-order valence-electron chi connectivity index (χ2n) is 6.32. The van der Waals surface area contributed by atoms with Crippen molar-refractivity contribution < 1.29 is 8.78 Å². The molecule has 0 fully saturated rings. The molecular weight excluding hydrogens is 316 g/mol. The zero-order chi connectivity index (χ0) is 17.5. The number of fused-ring (bicyclic) bond motifs is 1. The van der Waals surface area contributed by atoms with Crippen molar-refractivity contribution in [3.63, 3.8) is 0 Å². The van der Waals surface area contributed by atoms with Gasteiger partial charge in [-0.3, -0.25) is 14.3 Å². The number of hydrogen-bond donors (Lipinski definition) is 2. The van der Waals surface area contributed by atoms with Crippen molar-refractivity contribution in [2.45, 2.75) is 44.7 Å². The highest BCUT2D eigenvalue weighted by atomic mass is 19.3. The van der Waals surface area contributed by atoms with Gasteiger partial charge < -0.3 is 5.32 Å². The van der Waals surface area contributed by atoms with Gasteiger partial charge in [-0.1, -0.05) is 30.3 Å². The van der Waals surface area contributed by atoms with Crippen molar-refractivity contribution in [3.05, 3.63) is 62.3 Å². The van der Waals surface area contributed by atoms with E-state index < -0.39 is 23.2 Å². The molecule has 0 radical (unpaired) electrons. The molecule has 1 aliphatic heterocycles. The van der Waals surface area contributed by atoms with Gasteiger partial charge in [-0.15, -0.1) is 0 Å². The molecule has 0 saturated heterocycles. The summed E-state index contributed by atoms with van der Waals surface area (Å²) in [6, 6.07) is 8.08. The van der Waals surface area contributed by atoms with Gasteiger partial charge in [0.25, 0.3) is 12.0 Å². The molecule has 7 heteroatoms. The van der Waals surface area contributed by atoms with Crippen LogP contribution >= 0.6 is 0 Å². The van der Waals surface area contributed by atoms with Crippen LogP contribution in [-0.4, -0.2) is 16.0 Å². The molecule has 0 bridgehead atoms. The minimum absolute atomic E-state index is 0.0705. The third kappa shape index (κ3) is 2.44. The average Bonchev–Trinajstić information content (AvgIpc) is 2.54. The summed E-state index contributed by atoms with van der Waals surface area (Å²) < 4.78 is 29.0. The lowest BCUT2D eigenvalue weighted by molar-refractivity contribution is 0.0567. The second kappa shape index (κ2) is 5.89. The van der Waals surface area contributed by atoms with Crippen LogP contribution in [0.2, 0.25) is 0 Å². The molecular formula is C17H19F2N3O2. The molecule has 1 aliphatic rings. The minimum atomic E-state index is -2.69. The minimum Gasteiger partial charge on any atom is -0.356 e. The van der Waals surface area contributed by atoms with E-state index in [2.05, 4.69) is 10.3 Å². The molecule has 0 saturated carbocycles. The molecule has 0 unspecified atom stereocenters. The highest BCUT2D eigenvalue weighted by Crippen LogP contribution is 2.40. The summed E-state index contributed by atoms with van der Waals surface area (Å²) in [6.07, 6.45) is -2.45. The number of alkyl halides is 2. The Kier molecular flexibility index (Phi) is 4.03. The van der Waals surface area contributed by atoms with E-state index in [0.29, 0.717) is 11.1 Å². The predicted molar refractivity (Wildman–Crippen MR) is 87.8 cm³/mol. The number of halogens is 2. The number of aromatic nitrogens is 2. The number of hydrogen-bond acceptors (Lipinski definition) is 3. The van der Waals surface area contributed by atoms with Crippen LogP contribution in [-0.2, 0) is 12.0 Å². The van der Waals surface area contributed by atoms with E-state index in [4.69, 9.17) is 0 Å². The molecule has 2 N–H and O–H groups in total. The Bertz CT molecular complexity index is 858. The largest absolute Gasteiger partial charge is 0.356 e. The molecule has 1 aromatic heterocycles. The molecule has 0 aliphatic carbocycles. The van der Waals surface area contributed by atoms with Crippen LogP contribution in [0.4, 0.5) is 14.6 Å². The van der Waals surface area contributed by atoms with Crippen LogP contribution in [0.3, 0.4) is 0 Å². The van der Waals surface area contributed by atoms with Crippen molar-refractivity contribution in [3.8, 4) is 0 Å². The van der Waals surface area contributed by atoms with Gasteiger partial charge in [-0.05, 0) is 32.3 Å². The lowest BCUT2D eigenvalue weighted by atomic mass is 9.82. The monoisotopic (exact) mass is 335 g/mol. The Morgan fingerprint density at radius 1 is 1.17 bits per heavy atom. The van der Waals surface area contributed by atoms with E-state index in [1.54, 1.807) is 44.2 Å². The Labute approximate surface area is 137 Å². The summed E-state index contributed by atoms with van der Waals surface area (Å²) in [5.41, 5.74) is -1.87. The Morgan fingerprint density at radius 3 is 2.42 bits per heavy atom. The van der Waals surface area contributed by atoms with Crippen molar-refractivity contribution in [1.29, 1.82) is 0 Å². The molecule has 3 rings (SSSR count). The van der Waals surface area contributed by atoms with Gasteiger partial charge in [0, 0.05) is 6.04 Å². The van der Waals surface area contributed by atoms with Crippen molar-refractivity contribution >= 4 is 5.82 Å². The highest BCUT2D eigenvalue weighted by molar-refractivity contribution is 5.51. The third-order valence-corrected chi connectivity index (χ3v) is 4.52. The Balaban J connectivity index is 2.15. The fourth-order valence-corrected chi connectivity index (χ4v) is 3.24. The quantitative estimate of drug-likeness (QED) is 0.906. The van der Waals surface area contributed by atoms with Crippen LogP contribution in [0.5, 0.6) is 0 Å². The van der Waals surface area contributed by atoms with Crippen LogP contribution in [0, 0.1) is 0 Å². The van der Waals surface area contributed by atoms with Gasteiger partial charge in [0.2, 0.25) is 0 Å². The SMILES string of the molecule is CC(C)n1c(=O)[nH]c2c(c1=O)CC[C@@](c1ccccc1)(C(F)F)N2. The van der Waals surface area contributed by atoms with Crippen LogP contribution in [0.1, 0.15) is 37.4 Å². The fraction of sp³-hybridized carbons (Fsp3) is 0.412. The summed E-state index contributed by atoms with van der Waals surface area (Å²) in [6.45, 7) is 3.46. The number of aromatic amines is 1. The summed E-state index contributed by atoms with van der Waals surface area (Å²) in [5, 5.41) is 2.76. The number of rotatable bonds is 3. The third-order valence-electron chi connectivity index (χ3n) is 4.52. The van der Waals surface area contributed by atoms with Crippen molar-refractivity contribution in [2.75, 3.05) is 5.32 Å². The maximum absolute atomic E-state index is 13.9. The van der Waals surface area contributed by atoms with E-state index >= 15 is 0 Å². The number of nitrogens with one attached hydrogen (secondary N) is 2. The van der Waals surface area contributed by atoms with Gasteiger partial charge in [-0.2, -0.15) is 0 Å². The molecule has 1 atom stereocenters. The maximum Gasteiger partial charge on any atom is 0.330 e. The Hall–Kier alpha value is -2.44. The van der Waals surface area contributed by atoms with E-state index in [0.717, 1.165) is 4.57 Å². The summed E-state index contributed by atoms with van der Waals surface area (Å²) in [4.78, 5) is 27.2. The molecule has 128 valence electrons. The normalized spacial score (nSPS) is 20.1. The van der Waals surface area contributed by atoms with Gasteiger partial charge in [0.1, 0.15) is 11.4 Å². The number of anilines is 1. The van der Waals surface area contributed by atoms with Crippen molar-refractivity contribution in [1.82, 2.24) is 9.55 Å². The second-order valence-corrected chi connectivity index (χ2v) is 6.32. The molecule has 0 amide bonds. The zero-order valence-electron chi connectivity index (χ0n) is 13.5. The summed E-state index contributed by atoms with van der Waals surface area (Å²) in [5.74, 6) is 0.0947. The lowest BCUT2D eigenvalue weighted by Gasteiger charge is -2.39. The first-order valence-corrected chi connectivity index (χ1v) is 7.86. The van der Waals surface area contributed by atoms with E-state index in [1.807, 2.05) is 0 Å². The van der Waals surface area contributed by atoms with E-state index in [-0.39, 0.29) is 24.7 Å². The molecule has 1 aromatic carbocycles. The van der Waals surface area contributed by atoms with Crippen LogP contribution in [0.15, 0.2) is 39.9 Å². The molecule has 5 nitrogen and oxygen atoms in total. The van der Waals surface area contributed by atoms with Gasteiger partial charge in [0.15, 0.2) is 0 Å². The smallest absolute Gasteiger partial charge is 0.330 e. The fourth-order valence-electron chi connectivity index (χ4n) is 3.24. The van der Waals surface area contributed by atoms with E-state index in [9.17, 15) is 18.4 Å². The standard InChI is InChI=1S/C17H19F2N3O2/c1-10(2)22-14(23)12-8-9-17(15(18)19,11-6-4-3-5-7-11)21-13(12)20-16(22)24/h3-7,10,15,21H,8-9H2,1-2H3,(H,20,24)/t17-/m1/s1.